The van der Waals surface area contributed by atoms with Crippen molar-refractivity contribution in [2.24, 2.45) is 0 Å². The first-order valence-corrected chi connectivity index (χ1v) is 9.15. The SMILES string of the molecule is CCN(CC)C(=O)COc1c(-c2ccccc2Cl)oc2ccccc2c1=O. The van der Waals surface area contributed by atoms with Crippen molar-refractivity contribution >= 4 is 28.5 Å². The fraction of sp³-hybridized carbons (Fsp3) is 0.238. The summed E-state index contributed by atoms with van der Waals surface area (Å²) in [6.45, 7) is 4.68. The minimum absolute atomic E-state index is 0.0118. The van der Waals surface area contributed by atoms with Gasteiger partial charge in [-0.2, -0.15) is 0 Å². The molecule has 3 rings (SSSR count). The van der Waals surface area contributed by atoms with E-state index in [1.165, 1.54) is 0 Å². The molecule has 0 atom stereocenters. The Morgan fingerprint density at radius 3 is 2.44 bits per heavy atom. The standard InChI is InChI=1S/C21H20ClNO4/c1-3-23(4-2)18(24)13-26-21-19(25)15-10-6-8-12-17(15)27-20(21)14-9-5-7-11-16(14)22/h5-12H,3-4,13H2,1-2H3. The maximum absolute atomic E-state index is 13.0. The quantitative estimate of drug-likeness (QED) is 0.632. The number of nitrogens with zero attached hydrogens (tertiary/aromatic N) is 1. The Morgan fingerprint density at radius 1 is 1.07 bits per heavy atom. The van der Waals surface area contributed by atoms with Crippen LogP contribution in [0.15, 0.2) is 57.7 Å². The molecule has 1 heterocycles. The van der Waals surface area contributed by atoms with Crippen LogP contribution in [0.25, 0.3) is 22.3 Å². The molecule has 140 valence electrons. The minimum Gasteiger partial charge on any atom is -0.476 e. The number of amides is 1. The van der Waals surface area contributed by atoms with Crippen molar-refractivity contribution in [3.05, 3.63) is 63.8 Å². The third-order valence-electron chi connectivity index (χ3n) is 4.33. The van der Waals surface area contributed by atoms with Crippen molar-refractivity contribution in [2.45, 2.75) is 13.8 Å². The number of halogens is 1. The first kappa shape index (κ1) is 19.0. The molecule has 0 aliphatic carbocycles. The molecule has 0 saturated heterocycles. The van der Waals surface area contributed by atoms with E-state index in [4.69, 9.17) is 20.8 Å². The van der Waals surface area contributed by atoms with Gasteiger partial charge in [0, 0.05) is 18.7 Å². The third-order valence-corrected chi connectivity index (χ3v) is 4.66. The van der Waals surface area contributed by atoms with Crippen molar-refractivity contribution in [1.82, 2.24) is 4.90 Å². The Bertz CT molecular complexity index is 1020. The lowest BCUT2D eigenvalue weighted by Gasteiger charge is -2.19. The van der Waals surface area contributed by atoms with E-state index in [1.807, 2.05) is 13.8 Å². The Labute approximate surface area is 162 Å². The van der Waals surface area contributed by atoms with E-state index in [0.29, 0.717) is 34.6 Å². The van der Waals surface area contributed by atoms with Crippen LogP contribution in [0.4, 0.5) is 0 Å². The highest BCUT2D eigenvalue weighted by atomic mass is 35.5. The van der Waals surface area contributed by atoms with Crippen LogP contribution in [-0.4, -0.2) is 30.5 Å². The molecule has 0 saturated carbocycles. The topological polar surface area (TPSA) is 59.8 Å². The second-order valence-electron chi connectivity index (χ2n) is 5.92. The van der Waals surface area contributed by atoms with Gasteiger partial charge in [0.2, 0.25) is 11.2 Å². The Hall–Kier alpha value is -2.79. The van der Waals surface area contributed by atoms with Gasteiger partial charge in [-0.15, -0.1) is 0 Å². The summed E-state index contributed by atoms with van der Waals surface area (Å²) in [5, 5.41) is 0.814. The zero-order chi connectivity index (χ0) is 19.4. The van der Waals surface area contributed by atoms with Gasteiger partial charge < -0.3 is 14.1 Å². The highest BCUT2D eigenvalue weighted by molar-refractivity contribution is 6.33. The van der Waals surface area contributed by atoms with Crippen molar-refractivity contribution in [2.75, 3.05) is 19.7 Å². The molecule has 0 unspecified atom stereocenters. The summed E-state index contributed by atoms with van der Waals surface area (Å²) in [5.74, 6) is 0.0108. The molecule has 0 radical (unpaired) electrons. The zero-order valence-electron chi connectivity index (χ0n) is 15.2. The smallest absolute Gasteiger partial charge is 0.260 e. The van der Waals surface area contributed by atoms with E-state index in [0.717, 1.165) is 0 Å². The summed E-state index contributed by atoms with van der Waals surface area (Å²) in [6.07, 6.45) is 0. The molecule has 0 aliphatic heterocycles. The maximum atomic E-state index is 13.0. The summed E-state index contributed by atoms with van der Waals surface area (Å²) < 4.78 is 11.6. The molecule has 0 fully saturated rings. The fourth-order valence-electron chi connectivity index (χ4n) is 2.88. The summed E-state index contributed by atoms with van der Waals surface area (Å²) >= 11 is 6.30. The van der Waals surface area contributed by atoms with Crippen LogP contribution in [0, 0.1) is 0 Å². The monoisotopic (exact) mass is 385 g/mol. The predicted octanol–water partition coefficient (Wildman–Crippen LogP) is 4.36. The summed E-state index contributed by atoms with van der Waals surface area (Å²) in [6, 6.07) is 13.9. The highest BCUT2D eigenvalue weighted by Gasteiger charge is 2.21. The van der Waals surface area contributed by atoms with Crippen molar-refractivity contribution < 1.29 is 13.9 Å². The second kappa shape index (κ2) is 8.27. The molecular weight excluding hydrogens is 366 g/mol. The molecule has 1 amide bonds. The number of hydrogen-bond donors (Lipinski definition) is 0. The summed E-state index contributed by atoms with van der Waals surface area (Å²) in [4.78, 5) is 26.9. The molecule has 1 aromatic heterocycles. The lowest BCUT2D eigenvalue weighted by atomic mass is 10.1. The predicted molar refractivity (Wildman–Crippen MR) is 106 cm³/mol. The van der Waals surface area contributed by atoms with Crippen LogP contribution in [-0.2, 0) is 4.79 Å². The fourth-order valence-corrected chi connectivity index (χ4v) is 3.10. The summed E-state index contributed by atoms with van der Waals surface area (Å²) in [7, 11) is 0. The normalized spacial score (nSPS) is 10.8. The van der Waals surface area contributed by atoms with Gasteiger partial charge in [0.15, 0.2) is 12.4 Å². The van der Waals surface area contributed by atoms with Crippen molar-refractivity contribution in [3.8, 4) is 17.1 Å². The number of carbonyl (C=O) groups is 1. The number of benzene rings is 2. The van der Waals surface area contributed by atoms with Gasteiger partial charge >= 0.3 is 0 Å². The van der Waals surface area contributed by atoms with Crippen molar-refractivity contribution in [3.63, 3.8) is 0 Å². The van der Waals surface area contributed by atoms with Crippen LogP contribution in [0.5, 0.6) is 5.75 Å². The number of fused-ring (bicyclic) bond motifs is 1. The van der Waals surface area contributed by atoms with Gasteiger partial charge in [-0.25, -0.2) is 0 Å². The Morgan fingerprint density at radius 2 is 1.74 bits per heavy atom. The van der Waals surface area contributed by atoms with Crippen LogP contribution in [0.2, 0.25) is 5.02 Å². The van der Waals surface area contributed by atoms with E-state index in [2.05, 4.69) is 0 Å². The average Bonchev–Trinajstić information content (AvgIpc) is 2.68. The molecule has 3 aromatic rings. The average molecular weight is 386 g/mol. The molecule has 0 bridgehead atoms. The van der Waals surface area contributed by atoms with Crippen LogP contribution in [0.1, 0.15) is 13.8 Å². The van der Waals surface area contributed by atoms with E-state index in [-0.39, 0.29) is 29.5 Å². The van der Waals surface area contributed by atoms with Gasteiger partial charge in [-0.05, 0) is 38.1 Å². The summed E-state index contributed by atoms with van der Waals surface area (Å²) in [5.41, 5.74) is 0.631. The number of para-hydroxylation sites is 1. The number of ether oxygens (including phenoxy) is 1. The maximum Gasteiger partial charge on any atom is 0.260 e. The number of rotatable bonds is 6. The van der Waals surface area contributed by atoms with Crippen LogP contribution >= 0.6 is 11.6 Å². The lowest BCUT2D eigenvalue weighted by Crippen LogP contribution is -2.35. The second-order valence-corrected chi connectivity index (χ2v) is 6.33. The molecule has 27 heavy (non-hydrogen) atoms. The molecular formula is C21H20ClNO4. The molecule has 0 aliphatic rings. The zero-order valence-corrected chi connectivity index (χ0v) is 16.0. The van der Waals surface area contributed by atoms with Crippen LogP contribution in [0.3, 0.4) is 0 Å². The van der Waals surface area contributed by atoms with E-state index < -0.39 is 0 Å². The lowest BCUT2D eigenvalue weighted by molar-refractivity contribution is -0.132. The van der Waals surface area contributed by atoms with Crippen LogP contribution < -0.4 is 10.2 Å². The van der Waals surface area contributed by atoms with Gasteiger partial charge in [-0.3, -0.25) is 9.59 Å². The van der Waals surface area contributed by atoms with Gasteiger partial charge in [-0.1, -0.05) is 35.9 Å². The van der Waals surface area contributed by atoms with E-state index >= 15 is 0 Å². The number of carbonyl (C=O) groups excluding carboxylic acids is 1. The largest absolute Gasteiger partial charge is 0.476 e. The van der Waals surface area contributed by atoms with Gasteiger partial charge in [0.05, 0.1) is 10.4 Å². The Balaban J connectivity index is 2.11. The molecule has 5 nitrogen and oxygen atoms in total. The highest BCUT2D eigenvalue weighted by Crippen LogP contribution is 2.35. The molecule has 2 aromatic carbocycles. The first-order valence-electron chi connectivity index (χ1n) is 8.78. The van der Waals surface area contributed by atoms with E-state index in [9.17, 15) is 9.59 Å². The minimum atomic E-state index is -0.334. The van der Waals surface area contributed by atoms with Gasteiger partial charge in [0.1, 0.15) is 5.58 Å². The number of hydrogen-bond acceptors (Lipinski definition) is 4. The van der Waals surface area contributed by atoms with E-state index in [1.54, 1.807) is 53.4 Å². The van der Waals surface area contributed by atoms with Crippen molar-refractivity contribution in [1.29, 1.82) is 0 Å². The number of likely N-dealkylation sites (N-methyl/N-ethyl adjacent to an activating group) is 1. The molecule has 6 heteroatoms. The molecule has 0 N–H and O–H groups in total. The molecule has 0 spiro atoms. The van der Waals surface area contributed by atoms with Gasteiger partial charge in [0.25, 0.3) is 5.91 Å². The first-order chi connectivity index (χ1) is 13.1. The third kappa shape index (κ3) is 3.83. The Kier molecular flexibility index (Phi) is 5.81.